The number of aromatic nitrogens is 3. The first-order chi connectivity index (χ1) is 7.65. The number of benzene rings is 1. The quantitative estimate of drug-likeness (QED) is 0.796. The second kappa shape index (κ2) is 4.73. The van der Waals surface area contributed by atoms with Crippen molar-refractivity contribution in [3.8, 4) is 11.8 Å². The molecule has 0 unspecified atom stereocenters. The number of hydrogen-bond acceptors (Lipinski definition) is 4. The lowest BCUT2D eigenvalue weighted by Crippen LogP contribution is -1.99. The van der Waals surface area contributed by atoms with Gasteiger partial charge in [0.05, 0.1) is 11.4 Å². The Morgan fingerprint density at radius 1 is 1.12 bits per heavy atom. The molecule has 1 aromatic heterocycles. The van der Waals surface area contributed by atoms with Crippen LogP contribution in [0.5, 0.6) is 11.8 Å². The highest BCUT2D eigenvalue weighted by atomic mass is 127. The summed E-state index contributed by atoms with van der Waals surface area (Å²) in [5, 5.41) is 7.84. The molecule has 0 aliphatic carbocycles. The van der Waals surface area contributed by atoms with E-state index in [-0.39, 0.29) is 6.01 Å². The van der Waals surface area contributed by atoms with Gasteiger partial charge in [-0.1, -0.05) is 11.2 Å². The van der Waals surface area contributed by atoms with Gasteiger partial charge in [0.15, 0.2) is 0 Å². The molecule has 1 heterocycles. The molecule has 0 saturated heterocycles. The number of nitrogens with zero attached hydrogens (tertiary/aromatic N) is 3. The zero-order chi connectivity index (χ0) is 11.5. The van der Waals surface area contributed by atoms with Crippen molar-refractivity contribution in [1.82, 2.24) is 15.2 Å². The lowest BCUT2D eigenvalue weighted by atomic mass is 10.3. The Hall–Kier alpha value is -1.24. The Labute approximate surface area is 107 Å². The first-order valence-corrected chi connectivity index (χ1v) is 5.84. The lowest BCUT2D eigenvalue weighted by Gasteiger charge is -2.04. The molecule has 0 N–H and O–H groups in total. The molecule has 16 heavy (non-hydrogen) atoms. The van der Waals surface area contributed by atoms with Gasteiger partial charge >= 0.3 is 6.01 Å². The second-order valence-electron chi connectivity index (χ2n) is 3.32. The Bertz CT molecular complexity index is 516. The Morgan fingerprint density at radius 3 is 2.62 bits per heavy atom. The average molecular weight is 327 g/mol. The van der Waals surface area contributed by atoms with Crippen LogP contribution in [0.4, 0.5) is 0 Å². The van der Waals surface area contributed by atoms with Crippen molar-refractivity contribution in [1.29, 1.82) is 0 Å². The molecule has 82 valence electrons. The predicted molar refractivity (Wildman–Crippen MR) is 68.5 cm³/mol. The third-order valence-corrected chi connectivity index (χ3v) is 2.75. The molecule has 1 aromatic carbocycles. The number of hydrogen-bond donors (Lipinski definition) is 0. The van der Waals surface area contributed by atoms with Crippen molar-refractivity contribution in [2.45, 2.75) is 13.8 Å². The van der Waals surface area contributed by atoms with Crippen molar-refractivity contribution < 1.29 is 4.74 Å². The molecule has 0 saturated carbocycles. The number of rotatable bonds is 2. The summed E-state index contributed by atoms with van der Waals surface area (Å²) in [6.45, 7) is 3.75. The van der Waals surface area contributed by atoms with Crippen LogP contribution in [0.2, 0.25) is 0 Å². The van der Waals surface area contributed by atoms with Crippen LogP contribution in [0.15, 0.2) is 24.3 Å². The molecule has 0 radical (unpaired) electrons. The molecule has 2 rings (SSSR count). The van der Waals surface area contributed by atoms with Crippen molar-refractivity contribution in [2.75, 3.05) is 0 Å². The largest absolute Gasteiger partial charge is 0.423 e. The van der Waals surface area contributed by atoms with Gasteiger partial charge in [-0.2, -0.15) is 4.98 Å². The minimum Gasteiger partial charge on any atom is -0.423 e. The molecular formula is C11H10IN3O. The fraction of sp³-hybridized carbons (Fsp3) is 0.182. The highest BCUT2D eigenvalue weighted by Crippen LogP contribution is 2.19. The van der Waals surface area contributed by atoms with Crippen molar-refractivity contribution >= 4 is 22.6 Å². The molecule has 0 aliphatic heterocycles. The molecule has 0 fully saturated rings. The van der Waals surface area contributed by atoms with E-state index in [4.69, 9.17) is 4.74 Å². The van der Waals surface area contributed by atoms with E-state index in [2.05, 4.69) is 37.8 Å². The zero-order valence-corrected chi connectivity index (χ0v) is 11.1. The number of halogens is 1. The van der Waals surface area contributed by atoms with E-state index in [1.54, 1.807) is 0 Å². The van der Waals surface area contributed by atoms with Gasteiger partial charge < -0.3 is 4.74 Å². The summed E-state index contributed by atoms with van der Waals surface area (Å²) in [6, 6.07) is 7.98. The van der Waals surface area contributed by atoms with Crippen LogP contribution in [0.25, 0.3) is 0 Å². The van der Waals surface area contributed by atoms with Crippen molar-refractivity contribution in [3.05, 3.63) is 39.2 Å². The summed E-state index contributed by atoms with van der Waals surface area (Å²) < 4.78 is 6.61. The van der Waals surface area contributed by atoms with Gasteiger partial charge in [-0.3, -0.25) is 0 Å². The molecule has 4 nitrogen and oxygen atoms in total. The second-order valence-corrected chi connectivity index (χ2v) is 4.57. The normalized spacial score (nSPS) is 10.2. The summed E-state index contributed by atoms with van der Waals surface area (Å²) in [7, 11) is 0. The van der Waals surface area contributed by atoms with Gasteiger partial charge in [-0.15, -0.1) is 5.10 Å². The molecule has 0 spiro atoms. The molecule has 0 bridgehead atoms. The Kier molecular flexibility index (Phi) is 3.33. The van der Waals surface area contributed by atoms with Crippen molar-refractivity contribution in [3.63, 3.8) is 0 Å². The summed E-state index contributed by atoms with van der Waals surface area (Å²) in [4.78, 5) is 4.20. The maximum Gasteiger partial charge on any atom is 0.341 e. The SMILES string of the molecule is Cc1nnc(Oc2cccc(I)c2)nc1C. The van der Waals surface area contributed by atoms with E-state index in [1.807, 2.05) is 38.1 Å². The number of ether oxygens (including phenoxy) is 1. The summed E-state index contributed by atoms with van der Waals surface area (Å²) in [5.41, 5.74) is 1.64. The highest BCUT2D eigenvalue weighted by molar-refractivity contribution is 14.1. The maximum atomic E-state index is 5.51. The first kappa shape index (κ1) is 11.3. The van der Waals surface area contributed by atoms with Gasteiger partial charge in [-0.25, -0.2) is 0 Å². The van der Waals surface area contributed by atoms with E-state index in [1.165, 1.54) is 0 Å². The van der Waals surface area contributed by atoms with Crippen LogP contribution in [-0.4, -0.2) is 15.2 Å². The molecule has 2 aromatic rings. The van der Waals surface area contributed by atoms with Gasteiger partial charge in [0.1, 0.15) is 5.75 Å². The zero-order valence-electron chi connectivity index (χ0n) is 8.94. The molecule has 0 aliphatic rings. The standard InChI is InChI=1S/C11H10IN3O/c1-7-8(2)14-15-11(13-7)16-10-5-3-4-9(12)6-10/h3-6H,1-2H3. The Morgan fingerprint density at radius 2 is 1.94 bits per heavy atom. The van der Waals surface area contributed by atoms with Gasteiger partial charge in [0, 0.05) is 3.57 Å². The van der Waals surface area contributed by atoms with Crippen molar-refractivity contribution in [2.24, 2.45) is 0 Å². The maximum absolute atomic E-state index is 5.51. The van der Waals surface area contributed by atoms with E-state index in [0.29, 0.717) is 0 Å². The third kappa shape index (κ3) is 2.66. The summed E-state index contributed by atoms with van der Waals surface area (Å²) in [5.74, 6) is 0.719. The van der Waals surface area contributed by atoms with Crippen LogP contribution in [-0.2, 0) is 0 Å². The highest BCUT2D eigenvalue weighted by Gasteiger charge is 2.04. The van der Waals surface area contributed by atoms with Gasteiger partial charge in [0.2, 0.25) is 0 Å². The van der Waals surface area contributed by atoms with E-state index in [0.717, 1.165) is 20.7 Å². The fourth-order valence-corrected chi connectivity index (χ4v) is 1.63. The monoisotopic (exact) mass is 327 g/mol. The average Bonchev–Trinajstić information content (AvgIpc) is 2.24. The predicted octanol–water partition coefficient (Wildman–Crippen LogP) is 2.89. The number of aryl methyl sites for hydroxylation is 2. The van der Waals surface area contributed by atoms with E-state index >= 15 is 0 Å². The van der Waals surface area contributed by atoms with Crippen LogP contribution < -0.4 is 4.74 Å². The van der Waals surface area contributed by atoms with Crippen LogP contribution in [0.1, 0.15) is 11.4 Å². The van der Waals surface area contributed by atoms with Crippen LogP contribution in [0, 0.1) is 17.4 Å². The lowest BCUT2D eigenvalue weighted by molar-refractivity contribution is 0.430. The molecule has 0 atom stereocenters. The molecular weight excluding hydrogens is 317 g/mol. The molecule has 5 heteroatoms. The third-order valence-electron chi connectivity index (χ3n) is 2.08. The van der Waals surface area contributed by atoms with E-state index < -0.39 is 0 Å². The fourth-order valence-electron chi connectivity index (χ4n) is 1.12. The minimum absolute atomic E-state index is 0.283. The first-order valence-electron chi connectivity index (χ1n) is 4.76. The summed E-state index contributed by atoms with van der Waals surface area (Å²) in [6.07, 6.45) is 0. The minimum atomic E-state index is 0.283. The summed E-state index contributed by atoms with van der Waals surface area (Å²) >= 11 is 2.22. The Balaban J connectivity index is 2.24. The topological polar surface area (TPSA) is 47.9 Å². The van der Waals surface area contributed by atoms with Gasteiger partial charge in [-0.05, 0) is 54.6 Å². The van der Waals surface area contributed by atoms with Gasteiger partial charge in [0.25, 0.3) is 0 Å². The van der Waals surface area contributed by atoms with E-state index in [9.17, 15) is 0 Å². The van der Waals surface area contributed by atoms with Crippen LogP contribution in [0.3, 0.4) is 0 Å². The van der Waals surface area contributed by atoms with Crippen LogP contribution >= 0.6 is 22.6 Å². The smallest absolute Gasteiger partial charge is 0.341 e. The molecule has 0 amide bonds.